The Balaban J connectivity index is 1.37. The van der Waals surface area contributed by atoms with E-state index < -0.39 is 8.80 Å². The Morgan fingerprint density at radius 3 is 1.49 bits per heavy atom. The number of hydrogen-bond donors (Lipinski definition) is 0. The van der Waals surface area contributed by atoms with Crippen molar-refractivity contribution >= 4 is 20.9 Å². The van der Waals surface area contributed by atoms with Crippen molar-refractivity contribution in [2.75, 3.05) is 0 Å². The predicted octanol–water partition coefficient (Wildman–Crippen LogP) is 17.0. The average molecular weight is 801 g/mol. The molecule has 0 saturated heterocycles. The summed E-state index contributed by atoms with van der Waals surface area (Å²) in [5.74, 6) is 0.367. The molecule has 0 nitrogen and oxygen atoms in total. The van der Waals surface area contributed by atoms with E-state index in [4.69, 9.17) is 0 Å². The Labute approximate surface area is 362 Å². The van der Waals surface area contributed by atoms with Crippen molar-refractivity contribution in [3.63, 3.8) is 0 Å². The molecule has 4 aromatic carbocycles. The van der Waals surface area contributed by atoms with Crippen molar-refractivity contribution in [1.82, 2.24) is 0 Å². The molecular formula is C58H76Si. The van der Waals surface area contributed by atoms with Crippen LogP contribution in [0, 0.1) is 10.8 Å². The van der Waals surface area contributed by atoms with Crippen LogP contribution in [0.2, 0.25) is 13.1 Å². The Bertz CT molecular complexity index is 2180. The number of hydrogen-bond acceptors (Lipinski definition) is 0. The maximum Gasteiger partial charge on any atom is 0.0491 e. The highest BCUT2D eigenvalue weighted by atomic mass is 28.3. The molecule has 4 aliphatic carbocycles. The third-order valence-corrected chi connectivity index (χ3v) is 19.4. The number of allylic oxidation sites excluding steroid dienone is 2. The molecule has 0 N–H and O–H groups in total. The molecule has 8 rings (SSSR count). The number of fused-ring (bicyclic) bond motifs is 2. The summed E-state index contributed by atoms with van der Waals surface area (Å²) in [5, 5.41) is 0.00566. The minimum absolute atomic E-state index is 0.00566. The topological polar surface area (TPSA) is 0 Å². The van der Waals surface area contributed by atoms with E-state index in [9.17, 15) is 0 Å². The average Bonchev–Trinajstić information content (AvgIpc) is 3.75. The van der Waals surface area contributed by atoms with Gasteiger partial charge < -0.3 is 0 Å². The maximum atomic E-state index is 2.81. The largest absolute Gasteiger partial charge is 0.0711 e. The van der Waals surface area contributed by atoms with E-state index in [1.807, 2.05) is 0 Å². The second-order valence-electron chi connectivity index (χ2n) is 22.3. The van der Waals surface area contributed by atoms with Gasteiger partial charge in [-0.05, 0) is 116 Å². The molecule has 0 aliphatic heterocycles. The zero-order chi connectivity index (χ0) is 41.8. The third-order valence-electron chi connectivity index (χ3n) is 16.5. The van der Waals surface area contributed by atoms with Gasteiger partial charge in [0, 0.05) is 19.8 Å². The van der Waals surface area contributed by atoms with Gasteiger partial charge in [0.15, 0.2) is 0 Å². The molecule has 0 amide bonds. The van der Waals surface area contributed by atoms with Crippen LogP contribution < -0.4 is 0 Å². The highest BCUT2D eigenvalue weighted by Crippen LogP contribution is 2.64. The lowest BCUT2D eigenvalue weighted by Crippen LogP contribution is -2.47. The Morgan fingerprint density at radius 1 is 0.542 bits per heavy atom. The first-order chi connectivity index (χ1) is 28.1. The van der Waals surface area contributed by atoms with Gasteiger partial charge in [-0.25, -0.2) is 0 Å². The highest BCUT2D eigenvalue weighted by Gasteiger charge is 2.55. The van der Waals surface area contributed by atoms with Gasteiger partial charge in [0.2, 0.25) is 0 Å². The monoisotopic (exact) mass is 801 g/mol. The van der Waals surface area contributed by atoms with Crippen molar-refractivity contribution in [2.45, 2.75) is 180 Å². The predicted molar refractivity (Wildman–Crippen MR) is 261 cm³/mol. The molecule has 4 aliphatic rings. The molecule has 2 unspecified atom stereocenters. The van der Waals surface area contributed by atoms with Gasteiger partial charge in [0.05, 0.1) is 0 Å². The Morgan fingerprint density at radius 2 is 1.02 bits per heavy atom. The van der Waals surface area contributed by atoms with Crippen LogP contribution in [0.4, 0.5) is 0 Å². The Hall–Kier alpha value is -3.42. The van der Waals surface area contributed by atoms with Crippen LogP contribution in [-0.4, -0.2) is 8.80 Å². The summed E-state index contributed by atoms with van der Waals surface area (Å²) in [6, 6.07) is 34.2. The molecule has 312 valence electrons. The van der Waals surface area contributed by atoms with Crippen LogP contribution in [0.5, 0.6) is 0 Å². The van der Waals surface area contributed by atoms with Crippen LogP contribution in [0.1, 0.15) is 185 Å². The van der Waals surface area contributed by atoms with Crippen LogP contribution >= 0.6 is 0 Å². The first-order valence-electron chi connectivity index (χ1n) is 24.0. The summed E-state index contributed by atoms with van der Waals surface area (Å²) < 4.78 is 0. The summed E-state index contributed by atoms with van der Waals surface area (Å²) in [7, 11) is -1.48. The molecule has 0 spiro atoms. The molecular weight excluding hydrogens is 725 g/mol. The minimum Gasteiger partial charge on any atom is -0.0711 e. The van der Waals surface area contributed by atoms with Crippen LogP contribution in [-0.2, 0) is 15.9 Å². The second kappa shape index (κ2) is 16.1. The van der Waals surface area contributed by atoms with Gasteiger partial charge >= 0.3 is 0 Å². The first kappa shape index (κ1) is 42.3. The SMILES string of the molecule is CCC1(CC2=Cc3c(-c4ccc(C(C)(C)C)cc4)cccc3C2C2([SiH](C)C)C(CC3(CC)CCCCC3)=Cc3c(-c4ccc(C(C)(C)C)cc4)cccc32)CCCCC1. The fraction of sp³-hybridized carbons (Fsp3) is 0.517. The van der Waals surface area contributed by atoms with Crippen molar-refractivity contribution in [1.29, 1.82) is 0 Å². The van der Waals surface area contributed by atoms with Gasteiger partial charge in [-0.15, -0.1) is 0 Å². The van der Waals surface area contributed by atoms with Gasteiger partial charge in [0.25, 0.3) is 0 Å². The molecule has 0 radical (unpaired) electrons. The normalized spacial score (nSPS) is 22.5. The molecule has 1 heteroatoms. The molecule has 0 bridgehead atoms. The zero-order valence-corrected chi connectivity index (χ0v) is 39.9. The van der Waals surface area contributed by atoms with Crippen LogP contribution in [0.3, 0.4) is 0 Å². The molecule has 4 aromatic rings. The van der Waals surface area contributed by atoms with Crippen molar-refractivity contribution in [3.8, 4) is 22.3 Å². The van der Waals surface area contributed by atoms with Crippen LogP contribution in [0.25, 0.3) is 34.4 Å². The lowest BCUT2D eigenvalue weighted by atomic mass is 9.63. The zero-order valence-electron chi connectivity index (χ0n) is 38.8. The number of rotatable bonds is 10. The van der Waals surface area contributed by atoms with Crippen molar-refractivity contribution in [3.05, 3.63) is 129 Å². The lowest BCUT2D eigenvalue weighted by Gasteiger charge is -2.49. The van der Waals surface area contributed by atoms with E-state index in [1.54, 1.807) is 22.3 Å². The highest BCUT2D eigenvalue weighted by molar-refractivity contribution is 6.61. The van der Waals surface area contributed by atoms with E-state index in [1.165, 1.54) is 134 Å². The quantitative estimate of drug-likeness (QED) is 0.140. The summed E-state index contributed by atoms with van der Waals surface area (Å²) in [6.45, 7) is 24.5. The summed E-state index contributed by atoms with van der Waals surface area (Å²) >= 11 is 0. The molecule has 0 heterocycles. The second-order valence-corrected chi connectivity index (χ2v) is 25.5. The van der Waals surface area contributed by atoms with Crippen molar-refractivity contribution in [2.24, 2.45) is 10.8 Å². The standard InChI is InChI=1S/C58H76Si/c1-11-56(33-15-13-16-34-56)39-43-37-50-47(41-25-29-44(30-26-41)54(3,4)5)21-19-23-49(50)53(43)58(59(9)10)46(40-57(12-2)35-17-14-18-36-57)38-51-48(22-20-24-52(51)58)42-27-31-45(32-28-42)55(6,7)8/h19-32,37-38,53,59H,11-18,33-36,39-40H2,1-10H3. The third kappa shape index (κ3) is 7.63. The van der Waals surface area contributed by atoms with Gasteiger partial charge in [-0.3, -0.25) is 0 Å². The fourth-order valence-electron chi connectivity index (χ4n) is 12.8. The number of benzene rings is 4. The van der Waals surface area contributed by atoms with E-state index in [2.05, 4.69) is 166 Å². The molecule has 59 heavy (non-hydrogen) atoms. The fourth-order valence-corrected chi connectivity index (χ4v) is 15.7. The van der Waals surface area contributed by atoms with E-state index in [0.717, 1.165) is 0 Å². The molecule has 0 aromatic heterocycles. The van der Waals surface area contributed by atoms with E-state index in [-0.39, 0.29) is 15.9 Å². The van der Waals surface area contributed by atoms with Gasteiger partial charge in [-0.2, -0.15) is 0 Å². The molecule has 2 atom stereocenters. The summed E-state index contributed by atoms with van der Waals surface area (Å²) in [4.78, 5) is 0. The smallest absolute Gasteiger partial charge is 0.0491 e. The van der Waals surface area contributed by atoms with E-state index in [0.29, 0.717) is 16.7 Å². The summed E-state index contributed by atoms with van der Waals surface area (Å²) in [6.07, 6.45) is 24.5. The minimum atomic E-state index is -1.48. The Kier molecular flexibility index (Phi) is 11.6. The van der Waals surface area contributed by atoms with Gasteiger partial charge in [-0.1, -0.05) is 228 Å². The maximum absolute atomic E-state index is 2.81. The van der Waals surface area contributed by atoms with Gasteiger partial charge in [0.1, 0.15) is 0 Å². The molecule has 2 fully saturated rings. The first-order valence-corrected chi connectivity index (χ1v) is 26.9. The lowest BCUT2D eigenvalue weighted by molar-refractivity contribution is 0.170. The summed E-state index contributed by atoms with van der Waals surface area (Å²) in [5.41, 5.74) is 19.3. The molecule has 2 saturated carbocycles. The van der Waals surface area contributed by atoms with E-state index >= 15 is 0 Å². The van der Waals surface area contributed by atoms with Crippen molar-refractivity contribution < 1.29 is 0 Å². The van der Waals surface area contributed by atoms with Crippen LogP contribution in [0.15, 0.2) is 96.1 Å².